The van der Waals surface area contributed by atoms with Gasteiger partial charge in [0.25, 0.3) is 0 Å². The molecule has 0 spiro atoms. The highest BCUT2D eigenvalue weighted by molar-refractivity contribution is 5.14. The van der Waals surface area contributed by atoms with Crippen molar-refractivity contribution in [2.75, 3.05) is 13.1 Å². The topological polar surface area (TPSA) is 12.0 Å². The van der Waals surface area contributed by atoms with Crippen LogP contribution in [0.15, 0.2) is 30.3 Å². The molecule has 0 aliphatic rings. The first-order valence-corrected chi connectivity index (χ1v) is 5.47. The van der Waals surface area contributed by atoms with Gasteiger partial charge >= 0.3 is 0 Å². The Morgan fingerprint density at radius 2 is 1.79 bits per heavy atom. The van der Waals surface area contributed by atoms with E-state index in [-0.39, 0.29) is 0 Å². The van der Waals surface area contributed by atoms with E-state index in [9.17, 15) is 0 Å². The van der Waals surface area contributed by atoms with E-state index in [0.717, 1.165) is 19.5 Å². The fraction of sp³-hybridized carbons (Fsp3) is 0.462. The van der Waals surface area contributed by atoms with Crippen molar-refractivity contribution in [2.45, 2.75) is 25.7 Å². The third kappa shape index (κ3) is 5.03. The molecule has 0 atom stereocenters. The minimum atomic E-state index is 0.985. The summed E-state index contributed by atoms with van der Waals surface area (Å²) in [4.78, 5) is 0. The summed E-state index contributed by atoms with van der Waals surface area (Å²) >= 11 is 0. The Morgan fingerprint density at radius 1 is 1.00 bits per heavy atom. The Balaban J connectivity index is 1.99. The molecule has 1 radical (unpaired) electrons. The number of nitrogens with one attached hydrogen (secondary N) is 1. The van der Waals surface area contributed by atoms with E-state index in [1.807, 2.05) is 0 Å². The normalized spacial score (nSPS) is 10.4. The monoisotopic (exact) mass is 190 g/mol. The third-order valence-corrected chi connectivity index (χ3v) is 2.27. The van der Waals surface area contributed by atoms with Gasteiger partial charge in [-0.15, -0.1) is 0 Å². The second kappa shape index (κ2) is 7.57. The highest BCUT2D eigenvalue weighted by atomic mass is 14.8. The fourth-order valence-electron chi connectivity index (χ4n) is 1.47. The summed E-state index contributed by atoms with van der Waals surface area (Å²) in [5.41, 5.74) is 1.45. The maximum Gasteiger partial charge on any atom is -0.00488 e. The quantitative estimate of drug-likeness (QED) is 0.652. The summed E-state index contributed by atoms with van der Waals surface area (Å²) in [6.07, 6.45) is 4.72. The van der Waals surface area contributed by atoms with Gasteiger partial charge in [0.15, 0.2) is 0 Å². The van der Waals surface area contributed by atoms with Crippen molar-refractivity contribution < 1.29 is 0 Å². The number of benzene rings is 1. The molecule has 0 unspecified atom stereocenters. The highest BCUT2D eigenvalue weighted by Crippen LogP contribution is 2.03. The Bertz CT molecular complexity index is 218. The van der Waals surface area contributed by atoms with E-state index < -0.39 is 0 Å². The lowest BCUT2D eigenvalue weighted by molar-refractivity contribution is 0.626. The Hall–Kier alpha value is -0.820. The van der Waals surface area contributed by atoms with E-state index in [1.54, 1.807) is 0 Å². The maximum atomic E-state index is 3.79. The van der Waals surface area contributed by atoms with Crippen LogP contribution in [0.1, 0.15) is 24.8 Å². The van der Waals surface area contributed by atoms with Gasteiger partial charge in [0.05, 0.1) is 0 Å². The molecule has 0 saturated heterocycles. The minimum Gasteiger partial charge on any atom is -0.317 e. The summed E-state index contributed by atoms with van der Waals surface area (Å²) in [6, 6.07) is 10.7. The van der Waals surface area contributed by atoms with Crippen LogP contribution in [0.4, 0.5) is 0 Å². The van der Waals surface area contributed by atoms with E-state index in [4.69, 9.17) is 0 Å². The van der Waals surface area contributed by atoms with Crippen LogP contribution in [0.3, 0.4) is 0 Å². The van der Waals surface area contributed by atoms with Gasteiger partial charge < -0.3 is 5.32 Å². The van der Waals surface area contributed by atoms with Crippen LogP contribution in [-0.4, -0.2) is 13.1 Å². The smallest absolute Gasteiger partial charge is 0.00488 e. The van der Waals surface area contributed by atoms with Crippen molar-refractivity contribution in [2.24, 2.45) is 0 Å². The molecule has 1 rings (SSSR count). The van der Waals surface area contributed by atoms with Crippen LogP contribution >= 0.6 is 0 Å². The molecule has 0 heterocycles. The van der Waals surface area contributed by atoms with E-state index in [0.29, 0.717) is 0 Å². The molecule has 1 aromatic carbocycles. The SMILES string of the molecule is [CH2]CCNCCCCc1ccccc1. The number of unbranched alkanes of at least 4 members (excludes halogenated alkanes) is 1. The van der Waals surface area contributed by atoms with Crippen LogP contribution in [-0.2, 0) is 6.42 Å². The van der Waals surface area contributed by atoms with Gasteiger partial charge in [0.1, 0.15) is 0 Å². The Morgan fingerprint density at radius 3 is 2.50 bits per heavy atom. The van der Waals surface area contributed by atoms with E-state index >= 15 is 0 Å². The molecule has 0 saturated carbocycles. The predicted octanol–water partition coefficient (Wildman–Crippen LogP) is 2.82. The summed E-state index contributed by atoms with van der Waals surface area (Å²) < 4.78 is 0. The van der Waals surface area contributed by atoms with Gasteiger partial charge in [-0.25, -0.2) is 0 Å². The average Bonchev–Trinajstić information content (AvgIpc) is 2.25. The fourth-order valence-corrected chi connectivity index (χ4v) is 1.47. The average molecular weight is 190 g/mol. The van der Waals surface area contributed by atoms with Gasteiger partial charge in [-0.2, -0.15) is 0 Å². The lowest BCUT2D eigenvalue weighted by atomic mass is 10.1. The number of aryl methyl sites for hydroxylation is 1. The van der Waals surface area contributed by atoms with Crippen LogP contribution in [0.5, 0.6) is 0 Å². The molecule has 14 heavy (non-hydrogen) atoms. The lowest BCUT2D eigenvalue weighted by Crippen LogP contribution is -2.15. The molecule has 0 fully saturated rings. The maximum absolute atomic E-state index is 3.79. The van der Waals surface area contributed by atoms with Gasteiger partial charge in [-0.05, 0) is 44.3 Å². The lowest BCUT2D eigenvalue weighted by Gasteiger charge is -2.03. The molecule has 1 heteroatoms. The first-order chi connectivity index (χ1) is 6.93. The van der Waals surface area contributed by atoms with Gasteiger partial charge in [0.2, 0.25) is 0 Å². The molecular weight excluding hydrogens is 170 g/mol. The molecule has 1 aromatic rings. The highest BCUT2D eigenvalue weighted by Gasteiger charge is 1.91. The largest absolute Gasteiger partial charge is 0.317 e. The zero-order valence-electron chi connectivity index (χ0n) is 8.84. The van der Waals surface area contributed by atoms with Gasteiger partial charge in [0, 0.05) is 0 Å². The molecule has 1 nitrogen and oxygen atoms in total. The molecule has 1 N–H and O–H groups in total. The molecule has 77 valence electrons. The van der Waals surface area contributed by atoms with Gasteiger partial charge in [-0.1, -0.05) is 37.3 Å². The Labute approximate surface area is 87.5 Å². The second-order valence-corrected chi connectivity index (χ2v) is 3.55. The van der Waals surface area contributed by atoms with E-state index in [2.05, 4.69) is 42.6 Å². The molecule has 0 aliphatic heterocycles. The first-order valence-electron chi connectivity index (χ1n) is 5.47. The number of hydrogen-bond acceptors (Lipinski definition) is 1. The van der Waals surface area contributed by atoms with Crippen LogP contribution < -0.4 is 5.32 Å². The van der Waals surface area contributed by atoms with Crippen molar-refractivity contribution in [3.63, 3.8) is 0 Å². The summed E-state index contributed by atoms with van der Waals surface area (Å²) in [6.45, 7) is 5.96. The van der Waals surface area contributed by atoms with E-state index in [1.165, 1.54) is 24.8 Å². The van der Waals surface area contributed by atoms with Crippen molar-refractivity contribution >= 4 is 0 Å². The van der Waals surface area contributed by atoms with Crippen LogP contribution in [0.25, 0.3) is 0 Å². The number of rotatable bonds is 7. The standard InChI is InChI=1S/C13H20N/c1-2-11-14-12-7-6-10-13-8-4-3-5-9-13/h3-5,8-9,14H,1-2,6-7,10-12H2. The van der Waals surface area contributed by atoms with Crippen molar-refractivity contribution in [1.82, 2.24) is 5.32 Å². The van der Waals surface area contributed by atoms with Crippen molar-refractivity contribution in [3.8, 4) is 0 Å². The zero-order valence-corrected chi connectivity index (χ0v) is 8.84. The molecule has 0 amide bonds. The first kappa shape index (κ1) is 11.3. The van der Waals surface area contributed by atoms with Gasteiger partial charge in [-0.3, -0.25) is 0 Å². The number of hydrogen-bond donors (Lipinski definition) is 1. The Kier molecular flexibility index (Phi) is 6.09. The molecule has 0 aliphatic carbocycles. The summed E-state index contributed by atoms with van der Waals surface area (Å²) in [5, 5.41) is 3.36. The summed E-state index contributed by atoms with van der Waals surface area (Å²) in [5.74, 6) is 0. The molecule has 0 aromatic heterocycles. The minimum absolute atomic E-state index is 0.985. The van der Waals surface area contributed by atoms with Crippen molar-refractivity contribution in [3.05, 3.63) is 42.8 Å². The third-order valence-electron chi connectivity index (χ3n) is 2.27. The van der Waals surface area contributed by atoms with Crippen molar-refractivity contribution in [1.29, 1.82) is 0 Å². The molecular formula is C13H20N. The summed E-state index contributed by atoms with van der Waals surface area (Å²) in [7, 11) is 0. The second-order valence-electron chi connectivity index (χ2n) is 3.55. The molecule has 0 bridgehead atoms. The predicted molar refractivity (Wildman–Crippen MR) is 62.2 cm³/mol. The zero-order chi connectivity index (χ0) is 10.1. The van der Waals surface area contributed by atoms with Crippen LogP contribution in [0.2, 0.25) is 0 Å². The van der Waals surface area contributed by atoms with Crippen LogP contribution in [0, 0.1) is 6.92 Å².